The van der Waals surface area contributed by atoms with E-state index in [9.17, 15) is 4.79 Å². The van der Waals surface area contributed by atoms with Crippen LogP contribution in [0.25, 0.3) is 5.69 Å². The summed E-state index contributed by atoms with van der Waals surface area (Å²) in [6.45, 7) is 2.50. The van der Waals surface area contributed by atoms with Crippen LogP contribution >= 0.6 is 12.4 Å². The van der Waals surface area contributed by atoms with Gasteiger partial charge in [-0.05, 0) is 56.1 Å². The largest absolute Gasteiger partial charge is 0.497 e. The molecule has 1 aliphatic rings. The van der Waals surface area contributed by atoms with Crippen molar-refractivity contribution in [3.05, 3.63) is 36.2 Å². The van der Waals surface area contributed by atoms with Gasteiger partial charge in [-0.3, -0.25) is 4.79 Å². The minimum absolute atomic E-state index is 0. The highest BCUT2D eigenvalue weighted by Gasteiger charge is 2.15. The lowest BCUT2D eigenvalue weighted by Crippen LogP contribution is -2.23. The molecule has 1 fully saturated rings. The fourth-order valence-corrected chi connectivity index (χ4v) is 2.81. The van der Waals surface area contributed by atoms with E-state index in [1.165, 1.54) is 6.42 Å². The van der Waals surface area contributed by atoms with Gasteiger partial charge < -0.3 is 15.4 Å². The van der Waals surface area contributed by atoms with Crippen LogP contribution in [0.2, 0.25) is 0 Å². The molecule has 0 saturated carbocycles. The number of methoxy groups -OCH3 is 1. The van der Waals surface area contributed by atoms with E-state index in [1.807, 2.05) is 30.5 Å². The lowest BCUT2D eigenvalue weighted by atomic mass is 10.0. The van der Waals surface area contributed by atoms with Gasteiger partial charge in [0.15, 0.2) is 0 Å². The van der Waals surface area contributed by atoms with Crippen molar-refractivity contribution in [3.8, 4) is 11.4 Å². The Kier molecular flexibility index (Phi) is 7.21. The molecule has 0 aliphatic carbocycles. The van der Waals surface area contributed by atoms with Crippen LogP contribution in [0.5, 0.6) is 5.75 Å². The summed E-state index contributed by atoms with van der Waals surface area (Å²) in [6, 6.07) is 7.56. The van der Waals surface area contributed by atoms with Crippen LogP contribution < -0.4 is 15.4 Å². The van der Waals surface area contributed by atoms with Crippen molar-refractivity contribution in [2.75, 3.05) is 20.2 Å². The second-order valence-corrected chi connectivity index (χ2v) is 6.03. The number of ether oxygens (including phenoxy) is 1. The first-order valence-electron chi connectivity index (χ1n) is 8.27. The van der Waals surface area contributed by atoms with Crippen molar-refractivity contribution in [3.63, 3.8) is 0 Å². The Morgan fingerprint density at radius 2 is 2.20 bits per heavy atom. The van der Waals surface area contributed by atoms with Crippen LogP contribution in [0.3, 0.4) is 0 Å². The average Bonchev–Trinajstić information content (AvgIpc) is 3.30. The molecule has 1 amide bonds. The molecule has 2 N–H and O–H groups in total. The van der Waals surface area contributed by atoms with E-state index in [2.05, 4.69) is 20.9 Å². The number of hydrogen-bond donors (Lipinski definition) is 2. The standard InChI is InChI=1S/C17H23N5O2.ClH/c1-24-16-5-3-15(4-6-16)22-12-14(20-21-22)11-19-17(23)7-2-13-8-9-18-10-13;/h3-6,12-13,18H,2,7-11H2,1H3,(H,19,23);1H. The zero-order valence-corrected chi connectivity index (χ0v) is 15.1. The Labute approximate surface area is 153 Å². The van der Waals surface area contributed by atoms with Crippen LogP contribution in [0.15, 0.2) is 30.5 Å². The van der Waals surface area contributed by atoms with Crippen LogP contribution in [0.4, 0.5) is 0 Å². The number of aromatic nitrogens is 3. The highest BCUT2D eigenvalue weighted by Crippen LogP contribution is 2.15. The maximum Gasteiger partial charge on any atom is 0.220 e. The summed E-state index contributed by atoms with van der Waals surface area (Å²) in [6.07, 6.45) is 4.50. The number of nitrogens with zero attached hydrogens (tertiary/aromatic N) is 3. The second-order valence-electron chi connectivity index (χ2n) is 6.03. The molecule has 1 aromatic heterocycles. The third-order valence-corrected chi connectivity index (χ3v) is 4.29. The molecule has 2 heterocycles. The third-order valence-electron chi connectivity index (χ3n) is 4.29. The van der Waals surface area contributed by atoms with Crippen molar-refractivity contribution >= 4 is 18.3 Å². The van der Waals surface area contributed by atoms with E-state index < -0.39 is 0 Å². The monoisotopic (exact) mass is 365 g/mol. The van der Waals surface area contributed by atoms with Crippen LogP contribution in [0, 0.1) is 5.92 Å². The maximum absolute atomic E-state index is 11.9. The van der Waals surface area contributed by atoms with Gasteiger partial charge in [0.1, 0.15) is 11.4 Å². The second kappa shape index (κ2) is 9.39. The van der Waals surface area contributed by atoms with E-state index in [4.69, 9.17) is 4.74 Å². The van der Waals surface area contributed by atoms with Gasteiger partial charge in [0.2, 0.25) is 5.91 Å². The number of hydrogen-bond acceptors (Lipinski definition) is 5. The number of amides is 1. The fourth-order valence-electron chi connectivity index (χ4n) is 2.81. The van der Waals surface area contributed by atoms with Crippen molar-refractivity contribution in [1.29, 1.82) is 0 Å². The summed E-state index contributed by atoms with van der Waals surface area (Å²) in [5.74, 6) is 1.50. The summed E-state index contributed by atoms with van der Waals surface area (Å²) < 4.78 is 6.82. The predicted octanol–water partition coefficient (Wildman–Crippen LogP) is 1.70. The Bertz CT molecular complexity index is 668. The van der Waals surface area contributed by atoms with Gasteiger partial charge in [-0.2, -0.15) is 0 Å². The van der Waals surface area contributed by atoms with Crippen molar-refractivity contribution in [2.24, 2.45) is 5.92 Å². The number of rotatable bonds is 7. The Morgan fingerprint density at radius 3 is 2.88 bits per heavy atom. The zero-order chi connectivity index (χ0) is 16.8. The molecule has 8 heteroatoms. The van der Waals surface area contributed by atoms with Crippen LogP contribution in [-0.2, 0) is 11.3 Å². The maximum atomic E-state index is 11.9. The number of carbonyl (C=O) groups excluding carboxylic acids is 1. The number of nitrogens with one attached hydrogen (secondary N) is 2. The van der Waals surface area contributed by atoms with Gasteiger partial charge in [0, 0.05) is 6.42 Å². The smallest absolute Gasteiger partial charge is 0.220 e. The molecule has 0 spiro atoms. The summed E-state index contributed by atoms with van der Waals surface area (Å²) in [5, 5.41) is 14.4. The minimum atomic E-state index is 0. The van der Waals surface area contributed by atoms with Gasteiger partial charge >= 0.3 is 0 Å². The molecular weight excluding hydrogens is 342 g/mol. The van der Waals surface area contributed by atoms with Crippen molar-refractivity contribution in [1.82, 2.24) is 25.6 Å². The minimum Gasteiger partial charge on any atom is -0.497 e. The Hall–Kier alpha value is -2.12. The normalized spacial score (nSPS) is 16.3. The molecule has 1 atom stereocenters. The fraction of sp³-hybridized carbons (Fsp3) is 0.471. The van der Waals surface area contributed by atoms with E-state index >= 15 is 0 Å². The first-order chi connectivity index (χ1) is 11.7. The lowest BCUT2D eigenvalue weighted by Gasteiger charge is -2.07. The molecule has 1 unspecified atom stereocenters. The molecule has 7 nitrogen and oxygen atoms in total. The Balaban J connectivity index is 0.00000225. The first-order valence-corrected chi connectivity index (χ1v) is 8.27. The highest BCUT2D eigenvalue weighted by molar-refractivity contribution is 5.85. The lowest BCUT2D eigenvalue weighted by molar-refractivity contribution is -0.121. The molecular formula is C17H24ClN5O2. The van der Waals surface area contributed by atoms with Gasteiger partial charge in [0.25, 0.3) is 0 Å². The molecule has 136 valence electrons. The average molecular weight is 366 g/mol. The van der Waals surface area contributed by atoms with Crippen LogP contribution in [0.1, 0.15) is 25.0 Å². The summed E-state index contributed by atoms with van der Waals surface area (Å²) in [7, 11) is 1.63. The predicted molar refractivity (Wildman–Crippen MR) is 97.2 cm³/mol. The van der Waals surface area contributed by atoms with E-state index in [0.717, 1.165) is 36.6 Å². The molecule has 1 aromatic carbocycles. The van der Waals surface area contributed by atoms with Gasteiger partial charge in [-0.25, -0.2) is 4.68 Å². The van der Waals surface area contributed by atoms with E-state index in [1.54, 1.807) is 11.8 Å². The quantitative estimate of drug-likeness (QED) is 0.780. The SMILES string of the molecule is COc1ccc(-n2cc(CNC(=O)CCC3CCNC3)nn2)cc1.Cl. The van der Waals surface area contributed by atoms with Gasteiger partial charge in [-0.15, -0.1) is 17.5 Å². The summed E-state index contributed by atoms with van der Waals surface area (Å²) in [4.78, 5) is 11.9. The highest BCUT2D eigenvalue weighted by atomic mass is 35.5. The molecule has 25 heavy (non-hydrogen) atoms. The van der Waals surface area contributed by atoms with E-state index in [0.29, 0.717) is 18.9 Å². The van der Waals surface area contributed by atoms with Gasteiger partial charge in [-0.1, -0.05) is 5.21 Å². The zero-order valence-electron chi connectivity index (χ0n) is 14.3. The van der Waals surface area contributed by atoms with Crippen LogP contribution in [-0.4, -0.2) is 41.1 Å². The third kappa shape index (κ3) is 5.44. The molecule has 1 aliphatic heterocycles. The molecule has 1 saturated heterocycles. The number of carbonyl (C=O) groups is 1. The topological polar surface area (TPSA) is 81.1 Å². The van der Waals surface area contributed by atoms with Crippen molar-refractivity contribution < 1.29 is 9.53 Å². The molecule has 3 rings (SSSR count). The number of halogens is 1. The Morgan fingerprint density at radius 1 is 1.40 bits per heavy atom. The van der Waals surface area contributed by atoms with E-state index in [-0.39, 0.29) is 18.3 Å². The molecule has 0 bridgehead atoms. The van der Waals surface area contributed by atoms with Crippen molar-refractivity contribution in [2.45, 2.75) is 25.8 Å². The molecule has 2 aromatic rings. The number of benzene rings is 1. The molecule has 0 radical (unpaired) electrons. The summed E-state index contributed by atoms with van der Waals surface area (Å²) in [5.41, 5.74) is 1.64. The summed E-state index contributed by atoms with van der Waals surface area (Å²) >= 11 is 0. The van der Waals surface area contributed by atoms with Gasteiger partial charge in [0.05, 0.1) is 25.5 Å². The first kappa shape index (κ1) is 19.2.